The Morgan fingerprint density at radius 2 is 1.93 bits per heavy atom. The maximum absolute atomic E-state index is 10.7. The second-order valence-electron chi connectivity index (χ2n) is 4.22. The lowest BCUT2D eigenvalue weighted by atomic mass is 9.64. The first kappa shape index (κ1) is 10.2. The number of carboxylic acids is 1. The Morgan fingerprint density at radius 1 is 1.33 bits per heavy atom. The van der Waals surface area contributed by atoms with Crippen LogP contribution in [0.25, 0.3) is 0 Å². The molecule has 3 heteroatoms. The predicted molar refractivity (Wildman–Crippen MR) is 58.0 cm³/mol. The maximum Gasteiger partial charge on any atom is 0.335 e. The van der Waals surface area contributed by atoms with Gasteiger partial charge in [-0.2, -0.15) is 0 Å². The fourth-order valence-electron chi connectivity index (χ4n) is 2.18. The Bertz CT molecular complexity index is 360. The molecule has 1 aromatic rings. The van der Waals surface area contributed by atoms with Crippen LogP contribution >= 0.6 is 0 Å². The second kappa shape index (κ2) is 3.66. The van der Waals surface area contributed by atoms with Crippen molar-refractivity contribution in [2.24, 2.45) is 5.73 Å². The van der Waals surface area contributed by atoms with Gasteiger partial charge in [-0.25, -0.2) is 4.79 Å². The van der Waals surface area contributed by atoms with Gasteiger partial charge in [0, 0.05) is 12.0 Å². The SMILES string of the molecule is NCC1(c2ccc(C(=O)O)cc2)CCC1. The molecular formula is C12H15NO2. The molecule has 0 unspecified atom stereocenters. The zero-order chi connectivity index (χ0) is 10.9. The van der Waals surface area contributed by atoms with Crippen molar-refractivity contribution in [3.05, 3.63) is 35.4 Å². The predicted octanol–water partition coefficient (Wildman–Crippen LogP) is 1.77. The summed E-state index contributed by atoms with van der Waals surface area (Å²) in [5, 5.41) is 8.78. The number of benzene rings is 1. The highest BCUT2D eigenvalue weighted by atomic mass is 16.4. The molecule has 0 heterocycles. The van der Waals surface area contributed by atoms with Crippen molar-refractivity contribution in [1.29, 1.82) is 0 Å². The summed E-state index contributed by atoms with van der Waals surface area (Å²) in [6.07, 6.45) is 3.46. The van der Waals surface area contributed by atoms with Gasteiger partial charge >= 0.3 is 5.97 Å². The Labute approximate surface area is 88.9 Å². The summed E-state index contributed by atoms with van der Waals surface area (Å²) >= 11 is 0. The van der Waals surface area contributed by atoms with Crippen molar-refractivity contribution in [2.45, 2.75) is 24.7 Å². The first-order valence-corrected chi connectivity index (χ1v) is 5.22. The number of carboxylic acid groups (broad SMARTS) is 1. The van der Waals surface area contributed by atoms with Gasteiger partial charge in [-0.15, -0.1) is 0 Å². The molecular weight excluding hydrogens is 190 g/mol. The molecule has 2 rings (SSSR count). The first-order valence-electron chi connectivity index (χ1n) is 5.22. The maximum atomic E-state index is 10.7. The van der Waals surface area contributed by atoms with E-state index >= 15 is 0 Å². The minimum atomic E-state index is -0.878. The molecule has 3 nitrogen and oxygen atoms in total. The molecule has 1 aliphatic carbocycles. The summed E-state index contributed by atoms with van der Waals surface area (Å²) in [6, 6.07) is 7.12. The zero-order valence-electron chi connectivity index (χ0n) is 8.57. The quantitative estimate of drug-likeness (QED) is 0.790. The molecule has 0 atom stereocenters. The topological polar surface area (TPSA) is 63.3 Å². The molecule has 1 saturated carbocycles. The number of hydrogen-bond donors (Lipinski definition) is 2. The Morgan fingerprint density at radius 3 is 2.27 bits per heavy atom. The molecule has 15 heavy (non-hydrogen) atoms. The van der Waals surface area contributed by atoms with Crippen molar-refractivity contribution in [3.8, 4) is 0 Å². The monoisotopic (exact) mass is 205 g/mol. The molecule has 0 bridgehead atoms. The molecule has 3 N–H and O–H groups in total. The highest BCUT2D eigenvalue weighted by Crippen LogP contribution is 2.42. The molecule has 0 amide bonds. The van der Waals surface area contributed by atoms with Crippen molar-refractivity contribution in [3.63, 3.8) is 0 Å². The van der Waals surface area contributed by atoms with Gasteiger partial charge in [0.25, 0.3) is 0 Å². The van der Waals surface area contributed by atoms with Crippen LogP contribution in [0, 0.1) is 0 Å². The molecule has 1 aromatic carbocycles. The minimum absolute atomic E-state index is 0.122. The third-order valence-electron chi connectivity index (χ3n) is 3.45. The molecule has 1 aliphatic rings. The Kier molecular flexibility index (Phi) is 2.49. The van der Waals surface area contributed by atoms with E-state index in [1.165, 1.54) is 12.0 Å². The van der Waals surface area contributed by atoms with E-state index in [-0.39, 0.29) is 5.41 Å². The number of aromatic carboxylic acids is 1. The standard InChI is InChI=1S/C12H15NO2/c13-8-12(6-1-7-12)10-4-2-9(3-5-10)11(14)15/h2-5H,1,6-8,13H2,(H,14,15). The molecule has 1 fully saturated rings. The van der Waals surface area contributed by atoms with Gasteiger partial charge in [0.1, 0.15) is 0 Å². The van der Waals surface area contributed by atoms with Gasteiger partial charge in [-0.3, -0.25) is 0 Å². The van der Waals surface area contributed by atoms with Crippen LogP contribution in [0.1, 0.15) is 35.2 Å². The van der Waals surface area contributed by atoms with Gasteiger partial charge in [-0.1, -0.05) is 18.6 Å². The third kappa shape index (κ3) is 1.63. The van der Waals surface area contributed by atoms with Crippen molar-refractivity contribution >= 4 is 5.97 Å². The van der Waals surface area contributed by atoms with E-state index in [9.17, 15) is 4.79 Å². The summed E-state index contributed by atoms with van der Waals surface area (Å²) < 4.78 is 0. The van der Waals surface area contributed by atoms with E-state index in [1.54, 1.807) is 12.1 Å². The van der Waals surface area contributed by atoms with Crippen molar-refractivity contribution in [2.75, 3.05) is 6.54 Å². The van der Waals surface area contributed by atoms with Gasteiger partial charge < -0.3 is 10.8 Å². The van der Waals surface area contributed by atoms with E-state index in [2.05, 4.69) is 0 Å². The summed E-state index contributed by atoms with van der Waals surface area (Å²) in [6.45, 7) is 0.652. The molecule has 0 saturated heterocycles. The number of rotatable bonds is 3. The average molecular weight is 205 g/mol. The summed E-state index contributed by atoms with van der Waals surface area (Å²) in [4.78, 5) is 10.7. The van der Waals surface area contributed by atoms with Crippen LogP contribution < -0.4 is 5.73 Å². The van der Waals surface area contributed by atoms with Crippen LogP contribution in [0.3, 0.4) is 0 Å². The minimum Gasteiger partial charge on any atom is -0.478 e. The van der Waals surface area contributed by atoms with Crippen LogP contribution in [0.5, 0.6) is 0 Å². The summed E-state index contributed by atoms with van der Waals surface area (Å²) in [5.74, 6) is -0.878. The molecule has 80 valence electrons. The van der Waals surface area contributed by atoms with Gasteiger partial charge in [0.2, 0.25) is 0 Å². The van der Waals surface area contributed by atoms with Crippen molar-refractivity contribution < 1.29 is 9.90 Å². The van der Waals surface area contributed by atoms with E-state index in [1.807, 2.05) is 12.1 Å². The average Bonchev–Trinajstić information content (AvgIpc) is 2.18. The highest BCUT2D eigenvalue weighted by Gasteiger charge is 2.37. The number of nitrogens with two attached hydrogens (primary N) is 1. The Hall–Kier alpha value is -1.35. The van der Waals surface area contributed by atoms with Gasteiger partial charge in [0.15, 0.2) is 0 Å². The van der Waals surface area contributed by atoms with Gasteiger partial charge in [0.05, 0.1) is 5.56 Å². The molecule has 0 radical (unpaired) electrons. The van der Waals surface area contributed by atoms with Crippen LogP contribution in [0.4, 0.5) is 0 Å². The van der Waals surface area contributed by atoms with Crippen molar-refractivity contribution in [1.82, 2.24) is 0 Å². The van der Waals surface area contributed by atoms with Crippen LogP contribution in [-0.4, -0.2) is 17.6 Å². The summed E-state index contributed by atoms with van der Waals surface area (Å²) in [7, 11) is 0. The molecule has 0 spiro atoms. The first-order chi connectivity index (χ1) is 7.18. The van der Waals surface area contributed by atoms with Crippen LogP contribution in [-0.2, 0) is 5.41 Å². The lowest BCUT2D eigenvalue weighted by Crippen LogP contribution is -2.41. The highest BCUT2D eigenvalue weighted by molar-refractivity contribution is 5.87. The van der Waals surface area contributed by atoms with Crippen LogP contribution in [0.2, 0.25) is 0 Å². The second-order valence-corrected chi connectivity index (χ2v) is 4.22. The lowest BCUT2D eigenvalue weighted by Gasteiger charge is -2.41. The fraction of sp³-hybridized carbons (Fsp3) is 0.417. The van der Waals surface area contributed by atoms with Gasteiger partial charge in [-0.05, 0) is 30.5 Å². The fourth-order valence-corrected chi connectivity index (χ4v) is 2.18. The third-order valence-corrected chi connectivity index (χ3v) is 3.45. The normalized spacial score (nSPS) is 18.2. The van der Waals surface area contributed by atoms with E-state index in [4.69, 9.17) is 10.8 Å². The van der Waals surface area contributed by atoms with E-state index in [0.29, 0.717) is 12.1 Å². The number of hydrogen-bond acceptors (Lipinski definition) is 2. The number of carbonyl (C=O) groups is 1. The lowest BCUT2D eigenvalue weighted by molar-refractivity contribution is 0.0697. The smallest absolute Gasteiger partial charge is 0.335 e. The summed E-state index contributed by atoms with van der Waals surface area (Å²) in [5.41, 5.74) is 7.42. The molecule has 0 aliphatic heterocycles. The van der Waals surface area contributed by atoms with E-state index in [0.717, 1.165) is 12.8 Å². The molecule has 0 aromatic heterocycles. The van der Waals surface area contributed by atoms with E-state index < -0.39 is 5.97 Å². The Balaban J connectivity index is 2.26. The zero-order valence-corrected chi connectivity index (χ0v) is 8.57. The van der Waals surface area contributed by atoms with Crippen LogP contribution in [0.15, 0.2) is 24.3 Å². The largest absolute Gasteiger partial charge is 0.478 e.